The Morgan fingerprint density at radius 3 is 2.25 bits per heavy atom. The van der Waals surface area contributed by atoms with E-state index in [1.807, 2.05) is 6.92 Å². The first-order valence-corrected chi connectivity index (χ1v) is 7.71. The molecule has 20 heavy (non-hydrogen) atoms. The van der Waals surface area contributed by atoms with Crippen LogP contribution >= 0.6 is 12.4 Å². The lowest BCUT2D eigenvalue weighted by Crippen LogP contribution is -2.49. The Hall–Kier alpha value is -0.610. The van der Waals surface area contributed by atoms with Crippen molar-refractivity contribution in [3.05, 3.63) is 11.7 Å². The number of hydrogen-bond donors (Lipinski definition) is 1. The third-order valence-corrected chi connectivity index (χ3v) is 5.48. The van der Waals surface area contributed by atoms with Crippen LogP contribution in [0.4, 0.5) is 0 Å². The standard InChI is InChI=1S/C15H23N3O.ClH/c1-9(16)2-13-17-14(18-19-13)15-6-10-3-11(7-15)5-12(4-10)8-15;/h9-12H,2-8,16H2,1H3;1H. The third-order valence-electron chi connectivity index (χ3n) is 5.48. The summed E-state index contributed by atoms with van der Waals surface area (Å²) in [6.07, 6.45) is 8.90. The molecule has 5 heteroatoms. The average molecular weight is 298 g/mol. The Balaban J connectivity index is 0.00000121. The number of nitrogens with two attached hydrogens (primary N) is 1. The Bertz CT molecular complexity index is 450. The largest absolute Gasteiger partial charge is 0.339 e. The lowest BCUT2D eigenvalue weighted by molar-refractivity contribution is -0.0103. The van der Waals surface area contributed by atoms with Gasteiger partial charge in [-0.1, -0.05) is 5.16 Å². The fourth-order valence-corrected chi connectivity index (χ4v) is 5.21. The molecule has 1 heterocycles. The Labute approximate surface area is 126 Å². The van der Waals surface area contributed by atoms with Crippen LogP contribution in [0, 0.1) is 17.8 Å². The number of nitrogens with zero attached hydrogens (tertiary/aromatic N) is 2. The summed E-state index contributed by atoms with van der Waals surface area (Å²) in [6, 6.07) is 0.0877. The molecular formula is C15H24ClN3O. The summed E-state index contributed by atoms with van der Waals surface area (Å²) < 4.78 is 5.42. The molecule has 0 spiro atoms. The average Bonchev–Trinajstić information content (AvgIpc) is 2.75. The quantitative estimate of drug-likeness (QED) is 0.932. The molecule has 4 saturated carbocycles. The first-order valence-electron chi connectivity index (χ1n) is 7.71. The zero-order chi connectivity index (χ0) is 13.0. The first-order chi connectivity index (χ1) is 9.13. The van der Waals surface area contributed by atoms with Crippen LogP contribution in [0.25, 0.3) is 0 Å². The maximum absolute atomic E-state index is 5.81. The summed E-state index contributed by atoms with van der Waals surface area (Å²) >= 11 is 0. The number of rotatable bonds is 3. The van der Waals surface area contributed by atoms with Crippen LogP contribution < -0.4 is 5.73 Å². The Morgan fingerprint density at radius 1 is 1.20 bits per heavy atom. The summed E-state index contributed by atoms with van der Waals surface area (Å²) in [5, 5.41) is 4.32. The molecule has 4 fully saturated rings. The number of aromatic nitrogens is 2. The van der Waals surface area contributed by atoms with E-state index >= 15 is 0 Å². The van der Waals surface area contributed by atoms with E-state index in [1.165, 1.54) is 38.5 Å². The summed E-state index contributed by atoms with van der Waals surface area (Å²) in [5.74, 6) is 4.47. The van der Waals surface area contributed by atoms with Crippen LogP contribution in [-0.2, 0) is 11.8 Å². The fraction of sp³-hybridized carbons (Fsp3) is 0.867. The molecule has 2 N–H and O–H groups in total. The molecule has 0 radical (unpaired) electrons. The zero-order valence-electron chi connectivity index (χ0n) is 12.0. The second kappa shape index (κ2) is 4.99. The molecule has 5 rings (SSSR count). The molecule has 0 saturated heterocycles. The lowest BCUT2D eigenvalue weighted by Gasteiger charge is -2.55. The van der Waals surface area contributed by atoms with Gasteiger partial charge in [0.25, 0.3) is 0 Å². The highest BCUT2D eigenvalue weighted by molar-refractivity contribution is 5.85. The molecule has 0 aliphatic heterocycles. The van der Waals surface area contributed by atoms with E-state index in [9.17, 15) is 0 Å². The molecule has 4 bridgehead atoms. The molecule has 1 aromatic heterocycles. The van der Waals surface area contributed by atoms with Crippen LogP contribution in [0.2, 0.25) is 0 Å². The molecule has 4 aliphatic rings. The highest BCUT2D eigenvalue weighted by atomic mass is 35.5. The van der Waals surface area contributed by atoms with Gasteiger partial charge in [-0.25, -0.2) is 0 Å². The van der Waals surface area contributed by atoms with Crippen LogP contribution in [-0.4, -0.2) is 16.2 Å². The van der Waals surface area contributed by atoms with Crippen LogP contribution in [0.3, 0.4) is 0 Å². The molecule has 112 valence electrons. The summed E-state index contributed by atoms with van der Waals surface area (Å²) in [7, 11) is 0. The van der Waals surface area contributed by atoms with Crippen molar-refractivity contribution in [1.29, 1.82) is 0 Å². The monoisotopic (exact) mass is 297 g/mol. The number of halogens is 1. The van der Waals surface area contributed by atoms with Crippen LogP contribution in [0.5, 0.6) is 0 Å². The minimum Gasteiger partial charge on any atom is -0.339 e. The lowest BCUT2D eigenvalue weighted by atomic mass is 9.49. The van der Waals surface area contributed by atoms with E-state index in [4.69, 9.17) is 10.3 Å². The summed E-state index contributed by atoms with van der Waals surface area (Å²) in [4.78, 5) is 4.68. The van der Waals surface area contributed by atoms with Gasteiger partial charge in [-0.05, 0) is 63.2 Å². The maximum Gasteiger partial charge on any atom is 0.228 e. The zero-order valence-corrected chi connectivity index (χ0v) is 12.9. The van der Waals surface area contributed by atoms with Crippen molar-refractivity contribution in [3.8, 4) is 0 Å². The predicted octanol–water partition coefficient (Wildman–Crippen LogP) is 2.85. The van der Waals surface area contributed by atoms with Crippen LogP contribution in [0.1, 0.15) is 57.2 Å². The van der Waals surface area contributed by atoms with Gasteiger partial charge in [-0.3, -0.25) is 0 Å². The minimum absolute atomic E-state index is 0. The smallest absolute Gasteiger partial charge is 0.228 e. The van der Waals surface area contributed by atoms with E-state index in [-0.39, 0.29) is 23.9 Å². The number of hydrogen-bond acceptors (Lipinski definition) is 4. The van der Waals surface area contributed by atoms with Crippen molar-refractivity contribution in [3.63, 3.8) is 0 Å². The van der Waals surface area contributed by atoms with Crippen molar-refractivity contribution in [1.82, 2.24) is 10.1 Å². The topological polar surface area (TPSA) is 64.9 Å². The molecule has 4 nitrogen and oxygen atoms in total. The molecular weight excluding hydrogens is 274 g/mol. The van der Waals surface area contributed by atoms with Crippen LogP contribution in [0.15, 0.2) is 4.52 Å². The highest BCUT2D eigenvalue weighted by Crippen LogP contribution is 2.60. The molecule has 1 aromatic rings. The fourth-order valence-electron chi connectivity index (χ4n) is 5.21. The first kappa shape index (κ1) is 14.3. The highest BCUT2D eigenvalue weighted by Gasteiger charge is 2.53. The second-order valence-electron chi connectivity index (χ2n) is 7.39. The van der Waals surface area contributed by atoms with Gasteiger partial charge in [-0.2, -0.15) is 4.98 Å². The van der Waals surface area contributed by atoms with E-state index < -0.39 is 0 Å². The normalized spacial score (nSPS) is 39.6. The maximum atomic E-state index is 5.81. The van der Waals surface area contributed by atoms with Crippen molar-refractivity contribution < 1.29 is 4.52 Å². The van der Waals surface area contributed by atoms with Gasteiger partial charge < -0.3 is 10.3 Å². The van der Waals surface area contributed by atoms with Crippen molar-refractivity contribution in [2.24, 2.45) is 23.5 Å². The van der Waals surface area contributed by atoms with Crippen molar-refractivity contribution in [2.45, 2.75) is 63.3 Å². The SMILES string of the molecule is CC(N)Cc1nc(C23CC4CC(CC(C4)C2)C3)no1.Cl. The van der Waals surface area contributed by atoms with E-state index in [0.29, 0.717) is 6.42 Å². The van der Waals surface area contributed by atoms with Gasteiger partial charge in [0.2, 0.25) is 5.89 Å². The minimum atomic E-state index is 0. The third kappa shape index (κ3) is 2.27. The van der Waals surface area contributed by atoms with Gasteiger partial charge >= 0.3 is 0 Å². The molecule has 1 unspecified atom stereocenters. The molecule has 0 amide bonds. The van der Waals surface area contributed by atoms with Gasteiger partial charge in [0, 0.05) is 17.9 Å². The van der Waals surface area contributed by atoms with E-state index in [1.54, 1.807) is 0 Å². The van der Waals surface area contributed by atoms with Crippen molar-refractivity contribution >= 4 is 12.4 Å². The van der Waals surface area contributed by atoms with E-state index in [0.717, 1.165) is 29.5 Å². The molecule has 1 atom stereocenters. The molecule has 0 aromatic carbocycles. The van der Waals surface area contributed by atoms with Gasteiger partial charge in [0.15, 0.2) is 5.82 Å². The summed E-state index contributed by atoms with van der Waals surface area (Å²) in [6.45, 7) is 1.98. The Morgan fingerprint density at radius 2 is 1.75 bits per heavy atom. The van der Waals surface area contributed by atoms with Gasteiger partial charge in [-0.15, -0.1) is 12.4 Å². The van der Waals surface area contributed by atoms with Gasteiger partial charge in [0.05, 0.1) is 0 Å². The summed E-state index contributed by atoms with van der Waals surface area (Å²) in [5.41, 5.74) is 6.06. The van der Waals surface area contributed by atoms with Gasteiger partial charge in [0.1, 0.15) is 0 Å². The Kier molecular flexibility index (Phi) is 3.57. The predicted molar refractivity (Wildman–Crippen MR) is 78.7 cm³/mol. The second-order valence-corrected chi connectivity index (χ2v) is 7.39. The van der Waals surface area contributed by atoms with E-state index in [2.05, 4.69) is 10.1 Å². The molecule has 4 aliphatic carbocycles. The van der Waals surface area contributed by atoms with Crippen molar-refractivity contribution in [2.75, 3.05) is 0 Å².